The first-order chi connectivity index (χ1) is 11.6. The van der Waals surface area contributed by atoms with Gasteiger partial charge in [0.2, 0.25) is 0 Å². The summed E-state index contributed by atoms with van der Waals surface area (Å²) in [5, 5.41) is 8.30. The van der Waals surface area contributed by atoms with E-state index in [1.165, 1.54) is 4.88 Å². The molecule has 0 aliphatic carbocycles. The number of carbonyl (C=O) groups excluding carboxylic acids is 1. The number of thiophene rings is 1. The van der Waals surface area contributed by atoms with Crippen LogP contribution in [0, 0.1) is 6.92 Å². The highest BCUT2D eigenvalue weighted by molar-refractivity contribution is 7.10. The number of urea groups is 1. The number of aryl methyl sites for hydroxylation is 1. The molecule has 0 bridgehead atoms. The number of hydrogen-bond donors (Lipinski definition) is 1. The topological polar surface area (TPSA) is 48.5 Å². The Morgan fingerprint density at radius 1 is 1.50 bits per heavy atom. The van der Waals surface area contributed by atoms with Gasteiger partial charge in [0.1, 0.15) is 5.01 Å². The summed E-state index contributed by atoms with van der Waals surface area (Å²) >= 11 is 3.40. The third-order valence-corrected chi connectivity index (χ3v) is 5.99. The highest BCUT2D eigenvalue weighted by Gasteiger charge is 2.23. The van der Waals surface area contributed by atoms with Gasteiger partial charge in [-0.2, -0.15) is 0 Å². The van der Waals surface area contributed by atoms with E-state index in [0.29, 0.717) is 6.54 Å². The summed E-state index contributed by atoms with van der Waals surface area (Å²) in [6.45, 7) is 5.56. The van der Waals surface area contributed by atoms with E-state index in [2.05, 4.69) is 32.7 Å². The van der Waals surface area contributed by atoms with Crippen molar-refractivity contribution in [2.45, 2.75) is 38.9 Å². The summed E-state index contributed by atoms with van der Waals surface area (Å²) in [6, 6.07) is 4.49. The Bertz CT molecular complexity index is 655. The zero-order valence-electron chi connectivity index (χ0n) is 14.2. The van der Waals surface area contributed by atoms with Crippen LogP contribution in [0.5, 0.6) is 0 Å². The molecule has 130 valence electrons. The van der Waals surface area contributed by atoms with E-state index < -0.39 is 0 Å². The van der Waals surface area contributed by atoms with Crippen LogP contribution >= 0.6 is 22.7 Å². The minimum Gasteiger partial charge on any atom is -0.334 e. The Hall–Kier alpha value is -1.44. The smallest absolute Gasteiger partial charge is 0.317 e. The fourth-order valence-corrected chi connectivity index (χ4v) is 4.55. The molecule has 3 rings (SSSR count). The molecule has 0 radical (unpaired) electrons. The largest absolute Gasteiger partial charge is 0.334 e. The third kappa shape index (κ3) is 4.78. The van der Waals surface area contributed by atoms with Gasteiger partial charge in [0.15, 0.2) is 0 Å². The quantitative estimate of drug-likeness (QED) is 0.885. The van der Waals surface area contributed by atoms with E-state index in [9.17, 15) is 4.79 Å². The van der Waals surface area contributed by atoms with Gasteiger partial charge in [0.05, 0.1) is 6.54 Å². The fourth-order valence-electron chi connectivity index (χ4n) is 2.97. The summed E-state index contributed by atoms with van der Waals surface area (Å²) in [5.41, 5.74) is 1.01. The molecule has 1 N–H and O–H groups in total. The first kappa shape index (κ1) is 17.4. The Kier molecular flexibility index (Phi) is 5.86. The number of rotatable bonds is 5. The number of thiazole rings is 1. The molecule has 1 aliphatic heterocycles. The molecule has 3 heterocycles. The van der Waals surface area contributed by atoms with Gasteiger partial charge >= 0.3 is 6.03 Å². The van der Waals surface area contributed by atoms with Crippen molar-refractivity contribution in [3.63, 3.8) is 0 Å². The predicted molar refractivity (Wildman–Crippen MR) is 99.5 cm³/mol. The molecule has 0 aromatic carbocycles. The monoisotopic (exact) mass is 364 g/mol. The van der Waals surface area contributed by atoms with Crippen LogP contribution in [0.15, 0.2) is 22.9 Å². The van der Waals surface area contributed by atoms with Gasteiger partial charge in [-0.1, -0.05) is 6.07 Å². The van der Waals surface area contributed by atoms with Crippen molar-refractivity contribution in [3.8, 4) is 0 Å². The Balaban J connectivity index is 1.48. The average molecular weight is 365 g/mol. The summed E-state index contributed by atoms with van der Waals surface area (Å²) in [6.07, 6.45) is 2.18. The first-order valence-corrected chi connectivity index (χ1v) is 10.0. The molecule has 0 unspecified atom stereocenters. The Morgan fingerprint density at radius 2 is 2.38 bits per heavy atom. The van der Waals surface area contributed by atoms with Crippen LogP contribution in [0.25, 0.3) is 0 Å². The average Bonchev–Trinajstić information content (AvgIpc) is 3.19. The minimum absolute atomic E-state index is 0.00849. The molecule has 2 amide bonds. The molecule has 1 atom stereocenters. The number of nitrogens with one attached hydrogen (secondary N) is 1. The molecule has 24 heavy (non-hydrogen) atoms. The number of likely N-dealkylation sites (tertiary alicyclic amines) is 1. The molecule has 0 saturated carbocycles. The molecule has 1 saturated heterocycles. The highest BCUT2D eigenvalue weighted by Crippen LogP contribution is 2.17. The van der Waals surface area contributed by atoms with Gasteiger partial charge in [-0.25, -0.2) is 9.78 Å². The minimum atomic E-state index is -0.00849. The zero-order valence-corrected chi connectivity index (χ0v) is 15.8. The van der Waals surface area contributed by atoms with Crippen LogP contribution in [0.2, 0.25) is 0 Å². The second-order valence-corrected chi connectivity index (χ2v) is 8.32. The zero-order chi connectivity index (χ0) is 16.9. The van der Waals surface area contributed by atoms with E-state index in [1.807, 2.05) is 19.4 Å². The predicted octanol–water partition coefficient (Wildman–Crippen LogP) is 3.32. The maximum Gasteiger partial charge on any atom is 0.317 e. The molecular formula is C17H24N4OS2. The second-order valence-electron chi connectivity index (χ2n) is 6.34. The first-order valence-electron chi connectivity index (χ1n) is 8.27. The number of hydrogen-bond acceptors (Lipinski definition) is 5. The highest BCUT2D eigenvalue weighted by atomic mass is 32.1. The van der Waals surface area contributed by atoms with Gasteiger partial charge in [-0.15, -0.1) is 22.7 Å². The molecule has 7 heteroatoms. The summed E-state index contributed by atoms with van der Waals surface area (Å²) in [4.78, 5) is 22.4. The van der Waals surface area contributed by atoms with Gasteiger partial charge < -0.3 is 10.2 Å². The Labute approximate surface area is 151 Å². The van der Waals surface area contributed by atoms with Crippen molar-refractivity contribution in [3.05, 3.63) is 38.5 Å². The molecule has 2 aromatic rings. The summed E-state index contributed by atoms with van der Waals surface area (Å²) in [7, 11) is 1.83. The van der Waals surface area contributed by atoms with E-state index in [1.54, 1.807) is 27.6 Å². The van der Waals surface area contributed by atoms with Crippen molar-refractivity contribution in [1.29, 1.82) is 0 Å². The molecular weight excluding hydrogens is 340 g/mol. The summed E-state index contributed by atoms with van der Waals surface area (Å²) < 4.78 is 0. The van der Waals surface area contributed by atoms with Crippen LogP contribution in [-0.4, -0.2) is 47.0 Å². The second kappa shape index (κ2) is 8.09. The van der Waals surface area contributed by atoms with E-state index in [0.717, 1.165) is 43.2 Å². The van der Waals surface area contributed by atoms with Crippen molar-refractivity contribution >= 4 is 28.7 Å². The van der Waals surface area contributed by atoms with Crippen LogP contribution in [0.1, 0.15) is 28.4 Å². The molecule has 1 aliphatic rings. The maximum absolute atomic E-state index is 12.4. The lowest BCUT2D eigenvalue weighted by Gasteiger charge is -2.33. The van der Waals surface area contributed by atoms with Crippen LogP contribution < -0.4 is 5.32 Å². The van der Waals surface area contributed by atoms with E-state index in [-0.39, 0.29) is 12.1 Å². The Morgan fingerprint density at radius 3 is 3.08 bits per heavy atom. The van der Waals surface area contributed by atoms with Crippen molar-refractivity contribution in [2.24, 2.45) is 0 Å². The third-order valence-electron chi connectivity index (χ3n) is 4.18. The molecule has 1 fully saturated rings. The number of piperidine rings is 1. The van der Waals surface area contributed by atoms with E-state index in [4.69, 9.17) is 0 Å². The van der Waals surface area contributed by atoms with Gasteiger partial charge in [-0.3, -0.25) is 4.90 Å². The van der Waals surface area contributed by atoms with E-state index >= 15 is 0 Å². The molecule has 0 spiro atoms. The SMILES string of the molecule is Cc1csc(CN(C)C(=O)N[C@H]2CCCN(Cc3cccs3)C2)n1. The van der Waals surface area contributed by atoms with Gasteiger partial charge in [0.25, 0.3) is 0 Å². The number of amides is 2. The van der Waals surface area contributed by atoms with Crippen LogP contribution in [0.3, 0.4) is 0 Å². The fraction of sp³-hybridized carbons (Fsp3) is 0.529. The van der Waals surface area contributed by atoms with Crippen molar-refractivity contribution in [2.75, 3.05) is 20.1 Å². The lowest BCUT2D eigenvalue weighted by molar-refractivity contribution is 0.168. The number of nitrogens with zero attached hydrogens (tertiary/aromatic N) is 3. The van der Waals surface area contributed by atoms with Crippen LogP contribution in [0.4, 0.5) is 4.79 Å². The van der Waals surface area contributed by atoms with Crippen molar-refractivity contribution in [1.82, 2.24) is 20.1 Å². The summed E-state index contributed by atoms with van der Waals surface area (Å²) in [5.74, 6) is 0. The lowest BCUT2D eigenvalue weighted by Crippen LogP contribution is -2.50. The standard InChI is InChI=1S/C17H24N4OS2/c1-13-12-24-16(18-13)11-20(2)17(22)19-14-5-3-7-21(9-14)10-15-6-4-8-23-15/h4,6,8,12,14H,3,5,7,9-11H2,1-2H3,(H,19,22)/t14-/m0/s1. The van der Waals surface area contributed by atoms with Gasteiger partial charge in [-0.05, 0) is 37.8 Å². The number of aromatic nitrogens is 1. The van der Waals surface area contributed by atoms with Crippen molar-refractivity contribution < 1.29 is 4.79 Å². The maximum atomic E-state index is 12.4. The van der Waals surface area contributed by atoms with Gasteiger partial charge in [0, 0.05) is 42.1 Å². The molecule has 2 aromatic heterocycles. The number of carbonyl (C=O) groups is 1. The normalized spacial score (nSPS) is 18.5. The van der Waals surface area contributed by atoms with Crippen LogP contribution in [-0.2, 0) is 13.1 Å². The molecule has 5 nitrogen and oxygen atoms in total. The lowest BCUT2D eigenvalue weighted by atomic mass is 10.1.